The van der Waals surface area contributed by atoms with E-state index in [1.807, 2.05) is 6.07 Å². The van der Waals surface area contributed by atoms with Gasteiger partial charge >= 0.3 is 0 Å². The Morgan fingerprint density at radius 1 is 1.12 bits per heavy atom. The van der Waals surface area contributed by atoms with Crippen LogP contribution in [0, 0.1) is 5.92 Å². The van der Waals surface area contributed by atoms with E-state index in [1.165, 1.54) is 25.7 Å². The number of aromatic nitrogens is 2. The summed E-state index contributed by atoms with van der Waals surface area (Å²) >= 11 is 0. The molecular formula is C19H30N6O. The minimum absolute atomic E-state index is 0.195. The first-order valence-electron chi connectivity index (χ1n) is 10.1. The maximum absolute atomic E-state index is 12.4. The number of carbonyl (C=O) groups is 1. The van der Waals surface area contributed by atoms with Crippen molar-refractivity contribution < 1.29 is 4.79 Å². The molecule has 7 nitrogen and oxygen atoms in total. The molecule has 0 radical (unpaired) electrons. The van der Waals surface area contributed by atoms with Crippen molar-refractivity contribution >= 4 is 11.9 Å². The Bertz CT molecular complexity index is 589. The van der Waals surface area contributed by atoms with Gasteiger partial charge in [-0.05, 0) is 44.1 Å². The molecule has 26 heavy (non-hydrogen) atoms. The molecule has 142 valence electrons. The van der Waals surface area contributed by atoms with Crippen molar-refractivity contribution in [2.75, 3.05) is 18.0 Å². The van der Waals surface area contributed by atoms with Crippen LogP contribution in [0.5, 0.6) is 0 Å². The number of piperidine rings is 1. The van der Waals surface area contributed by atoms with Crippen LogP contribution in [0.4, 0.5) is 5.95 Å². The zero-order chi connectivity index (χ0) is 17.8. The Labute approximate surface area is 155 Å². The van der Waals surface area contributed by atoms with Gasteiger partial charge in [0.25, 0.3) is 0 Å². The van der Waals surface area contributed by atoms with Gasteiger partial charge in [0.1, 0.15) is 0 Å². The van der Waals surface area contributed by atoms with Gasteiger partial charge in [0.05, 0.1) is 0 Å². The topological polar surface area (TPSA) is 82.2 Å². The van der Waals surface area contributed by atoms with Gasteiger partial charge in [0, 0.05) is 50.0 Å². The molecule has 1 amide bonds. The number of carbonyl (C=O) groups excluding carboxylic acids is 1. The lowest BCUT2D eigenvalue weighted by Crippen LogP contribution is -2.45. The van der Waals surface area contributed by atoms with E-state index >= 15 is 0 Å². The van der Waals surface area contributed by atoms with E-state index < -0.39 is 0 Å². The van der Waals surface area contributed by atoms with Crippen molar-refractivity contribution in [3.63, 3.8) is 0 Å². The predicted molar refractivity (Wildman–Crippen MR) is 100 cm³/mol. The minimum atomic E-state index is 0.195. The smallest absolute Gasteiger partial charge is 0.225 e. The van der Waals surface area contributed by atoms with Crippen LogP contribution in [-0.2, 0) is 4.79 Å². The number of hydrogen-bond donors (Lipinski definition) is 3. The van der Waals surface area contributed by atoms with Gasteiger partial charge in [-0.2, -0.15) is 0 Å². The molecule has 0 aromatic carbocycles. The second-order valence-electron chi connectivity index (χ2n) is 7.87. The van der Waals surface area contributed by atoms with E-state index in [9.17, 15) is 4.79 Å². The maximum atomic E-state index is 12.4. The fourth-order valence-corrected chi connectivity index (χ4v) is 4.69. The van der Waals surface area contributed by atoms with Crippen LogP contribution in [0.1, 0.15) is 51.4 Å². The Hall–Kier alpha value is -1.73. The summed E-state index contributed by atoms with van der Waals surface area (Å²) in [6.07, 6.45) is 12.2. The highest BCUT2D eigenvalue weighted by Crippen LogP contribution is 2.31. The third-order valence-corrected chi connectivity index (χ3v) is 6.17. The molecule has 3 unspecified atom stereocenters. The number of nitrogens with one attached hydrogen (secondary N) is 3. The van der Waals surface area contributed by atoms with E-state index in [-0.39, 0.29) is 11.9 Å². The average molecular weight is 358 g/mol. The summed E-state index contributed by atoms with van der Waals surface area (Å²) in [7, 11) is 0. The highest BCUT2D eigenvalue weighted by molar-refractivity contribution is 5.76. The van der Waals surface area contributed by atoms with Crippen LogP contribution in [0.2, 0.25) is 0 Å². The summed E-state index contributed by atoms with van der Waals surface area (Å²) in [5.41, 5.74) is 6.87. The van der Waals surface area contributed by atoms with Gasteiger partial charge in [-0.3, -0.25) is 15.6 Å². The summed E-state index contributed by atoms with van der Waals surface area (Å²) in [5.74, 6) is 1.69. The molecule has 7 heteroatoms. The number of nitrogens with zero attached hydrogens (tertiary/aromatic N) is 3. The molecule has 3 aliphatic rings. The maximum Gasteiger partial charge on any atom is 0.225 e. The Kier molecular flexibility index (Phi) is 5.65. The van der Waals surface area contributed by atoms with Gasteiger partial charge in [0.2, 0.25) is 11.9 Å². The zero-order valence-corrected chi connectivity index (χ0v) is 15.4. The number of hydrazine groups is 1. The zero-order valence-electron chi connectivity index (χ0n) is 15.4. The van der Waals surface area contributed by atoms with Crippen molar-refractivity contribution in [1.29, 1.82) is 0 Å². The Balaban J connectivity index is 1.18. The molecule has 3 fully saturated rings. The SMILES string of the molecule is O=C(CCC1NNC2CCCCC21)NC1CCN(c2ncccn2)CC1. The first-order chi connectivity index (χ1) is 12.8. The third-order valence-electron chi connectivity index (χ3n) is 6.17. The van der Waals surface area contributed by atoms with E-state index in [2.05, 4.69) is 31.0 Å². The van der Waals surface area contributed by atoms with Crippen LogP contribution in [0.3, 0.4) is 0 Å². The summed E-state index contributed by atoms with van der Waals surface area (Å²) in [4.78, 5) is 23.2. The van der Waals surface area contributed by atoms with E-state index in [1.54, 1.807) is 12.4 Å². The van der Waals surface area contributed by atoms with Crippen molar-refractivity contribution in [1.82, 2.24) is 26.1 Å². The van der Waals surface area contributed by atoms with E-state index in [0.29, 0.717) is 24.4 Å². The molecule has 1 saturated carbocycles. The second-order valence-corrected chi connectivity index (χ2v) is 7.87. The molecule has 2 saturated heterocycles. The minimum Gasteiger partial charge on any atom is -0.353 e. The summed E-state index contributed by atoms with van der Waals surface area (Å²) in [5, 5.41) is 3.23. The molecule has 3 N–H and O–H groups in total. The number of rotatable bonds is 5. The highest BCUT2D eigenvalue weighted by Gasteiger charge is 2.37. The van der Waals surface area contributed by atoms with Crippen molar-refractivity contribution in [2.45, 2.75) is 69.5 Å². The Morgan fingerprint density at radius 3 is 2.69 bits per heavy atom. The van der Waals surface area contributed by atoms with Gasteiger partial charge in [-0.1, -0.05) is 12.8 Å². The van der Waals surface area contributed by atoms with Crippen LogP contribution in [-0.4, -0.2) is 47.1 Å². The first-order valence-corrected chi connectivity index (χ1v) is 10.1. The van der Waals surface area contributed by atoms with Gasteiger partial charge in [-0.15, -0.1) is 0 Å². The molecule has 1 aromatic rings. The Morgan fingerprint density at radius 2 is 1.88 bits per heavy atom. The van der Waals surface area contributed by atoms with Gasteiger partial charge in [-0.25, -0.2) is 9.97 Å². The molecule has 1 aromatic heterocycles. The summed E-state index contributed by atoms with van der Waals surface area (Å²) in [6.45, 7) is 1.79. The van der Waals surface area contributed by atoms with Crippen LogP contribution < -0.4 is 21.1 Å². The number of anilines is 1. The van der Waals surface area contributed by atoms with E-state index in [0.717, 1.165) is 38.3 Å². The monoisotopic (exact) mass is 358 g/mol. The standard InChI is InChI=1S/C19H30N6O/c26-18(7-6-17-15-4-1-2-5-16(15)23-24-17)22-14-8-12-25(13-9-14)19-20-10-3-11-21-19/h3,10-11,14-17,23-24H,1-2,4-9,12-13H2,(H,22,26). The van der Waals surface area contributed by atoms with Crippen molar-refractivity contribution in [2.24, 2.45) is 5.92 Å². The third kappa shape index (κ3) is 4.15. The molecule has 4 rings (SSSR count). The quantitative estimate of drug-likeness (QED) is 0.738. The van der Waals surface area contributed by atoms with Crippen LogP contribution >= 0.6 is 0 Å². The largest absolute Gasteiger partial charge is 0.353 e. The lowest BCUT2D eigenvalue weighted by Gasteiger charge is -2.32. The average Bonchev–Trinajstić information content (AvgIpc) is 3.11. The highest BCUT2D eigenvalue weighted by atomic mass is 16.1. The van der Waals surface area contributed by atoms with Crippen molar-refractivity contribution in [3.05, 3.63) is 18.5 Å². The number of hydrogen-bond acceptors (Lipinski definition) is 6. The van der Waals surface area contributed by atoms with Crippen LogP contribution in [0.25, 0.3) is 0 Å². The van der Waals surface area contributed by atoms with Gasteiger partial charge < -0.3 is 10.2 Å². The fourth-order valence-electron chi connectivity index (χ4n) is 4.69. The number of amides is 1. The molecule has 3 atom stereocenters. The lowest BCUT2D eigenvalue weighted by atomic mass is 9.80. The van der Waals surface area contributed by atoms with E-state index in [4.69, 9.17) is 0 Å². The van der Waals surface area contributed by atoms with Gasteiger partial charge in [0.15, 0.2) is 0 Å². The summed E-state index contributed by atoms with van der Waals surface area (Å²) in [6, 6.07) is 3.17. The molecule has 0 spiro atoms. The molecule has 2 aliphatic heterocycles. The fraction of sp³-hybridized carbons (Fsp3) is 0.737. The van der Waals surface area contributed by atoms with Crippen molar-refractivity contribution in [3.8, 4) is 0 Å². The predicted octanol–water partition coefficient (Wildman–Crippen LogP) is 1.38. The molecule has 3 heterocycles. The van der Waals surface area contributed by atoms with Crippen LogP contribution in [0.15, 0.2) is 18.5 Å². The molecule has 0 bridgehead atoms. The lowest BCUT2D eigenvalue weighted by molar-refractivity contribution is -0.122. The number of fused-ring (bicyclic) bond motifs is 1. The second kappa shape index (κ2) is 8.31. The summed E-state index contributed by atoms with van der Waals surface area (Å²) < 4.78 is 0. The first kappa shape index (κ1) is 17.7. The normalized spacial score (nSPS) is 29.4. The molecule has 1 aliphatic carbocycles. The molecular weight excluding hydrogens is 328 g/mol.